The number of anilines is 1. The minimum atomic E-state index is -0.437. The molecule has 1 saturated heterocycles. The molecule has 3 aromatic rings. The van der Waals surface area contributed by atoms with Gasteiger partial charge in [0, 0.05) is 32.0 Å². The molecule has 1 amide bonds. The predicted octanol–water partition coefficient (Wildman–Crippen LogP) is 5.65. The summed E-state index contributed by atoms with van der Waals surface area (Å²) >= 11 is 3.92. The number of likely N-dealkylation sites (tertiary alicyclic amines) is 1. The Hall–Kier alpha value is -1.97. The van der Waals surface area contributed by atoms with Crippen LogP contribution >= 0.6 is 33.9 Å². The molecule has 2 aromatic carbocycles. The van der Waals surface area contributed by atoms with E-state index in [2.05, 4.69) is 32.8 Å². The summed E-state index contributed by atoms with van der Waals surface area (Å²) in [7, 11) is 0. The number of fused-ring (bicyclic) bond motifs is 1. The van der Waals surface area contributed by atoms with E-state index >= 15 is 0 Å². The third-order valence-electron chi connectivity index (χ3n) is 5.43. The van der Waals surface area contributed by atoms with E-state index < -0.39 is 6.09 Å². The SMILES string of the molecule is O=C(Nc1ccc2sccc2c1)OCCN1CCC(C(=O)c2ccc(I)cc2)CC1. The van der Waals surface area contributed by atoms with E-state index in [-0.39, 0.29) is 11.7 Å². The number of Topliss-reactive ketones (excluding diaryl/α,β-unsaturated/α-hetero) is 1. The smallest absolute Gasteiger partial charge is 0.411 e. The zero-order valence-corrected chi connectivity index (χ0v) is 19.4. The maximum atomic E-state index is 12.7. The Bertz CT molecular complexity index is 1030. The van der Waals surface area contributed by atoms with Crippen LogP contribution in [0.25, 0.3) is 10.1 Å². The lowest BCUT2D eigenvalue weighted by Gasteiger charge is -2.31. The average Bonchev–Trinajstić information content (AvgIpc) is 3.22. The van der Waals surface area contributed by atoms with Crippen LogP contribution in [-0.2, 0) is 4.74 Å². The van der Waals surface area contributed by atoms with E-state index in [1.165, 1.54) is 4.70 Å². The van der Waals surface area contributed by atoms with Gasteiger partial charge in [0.2, 0.25) is 0 Å². The lowest BCUT2D eigenvalue weighted by atomic mass is 9.89. The van der Waals surface area contributed by atoms with Crippen molar-refractivity contribution in [3.63, 3.8) is 0 Å². The number of piperidine rings is 1. The van der Waals surface area contributed by atoms with Crippen LogP contribution < -0.4 is 5.32 Å². The summed E-state index contributed by atoms with van der Waals surface area (Å²) in [6.45, 7) is 2.71. The first-order chi connectivity index (χ1) is 14.6. The lowest BCUT2D eigenvalue weighted by Crippen LogP contribution is -2.38. The van der Waals surface area contributed by atoms with Crippen molar-refractivity contribution in [1.29, 1.82) is 0 Å². The van der Waals surface area contributed by atoms with Crippen molar-refractivity contribution >= 4 is 61.6 Å². The number of amides is 1. The minimum Gasteiger partial charge on any atom is -0.448 e. The summed E-state index contributed by atoms with van der Waals surface area (Å²) in [5, 5.41) is 5.93. The maximum absolute atomic E-state index is 12.7. The van der Waals surface area contributed by atoms with Crippen molar-refractivity contribution in [3.05, 3.63) is 63.0 Å². The second-order valence-corrected chi connectivity index (χ2v) is 9.61. The van der Waals surface area contributed by atoms with Crippen molar-refractivity contribution in [2.45, 2.75) is 12.8 Å². The zero-order valence-electron chi connectivity index (χ0n) is 16.5. The fraction of sp³-hybridized carbons (Fsp3) is 0.304. The number of carbonyl (C=O) groups excluding carboxylic acids is 2. The number of hydrogen-bond donors (Lipinski definition) is 1. The molecule has 0 bridgehead atoms. The number of ether oxygens (including phenoxy) is 1. The van der Waals surface area contributed by atoms with Crippen LogP contribution in [0.5, 0.6) is 0 Å². The number of carbonyl (C=O) groups is 2. The zero-order chi connectivity index (χ0) is 20.9. The second-order valence-electron chi connectivity index (χ2n) is 7.42. The Kier molecular flexibility index (Phi) is 7.01. The van der Waals surface area contributed by atoms with E-state index in [4.69, 9.17) is 4.74 Å². The third-order valence-corrected chi connectivity index (χ3v) is 7.04. The van der Waals surface area contributed by atoms with Crippen LogP contribution in [0.3, 0.4) is 0 Å². The third kappa shape index (κ3) is 5.39. The molecule has 0 spiro atoms. The van der Waals surface area contributed by atoms with Gasteiger partial charge >= 0.3 is 6.09 Å². The lowest BCUT2D eigenvalue weighted by molar-refractivity contribution is 0.0813. The molecular formula is C23H23IN2O3S. The number of halogens is 1. The summed E-state index contributed by atoms with van der Waals surface area (Å²) in [5.41, 5.74) is 1.54. The van der Waals surface area contributed by atoms with Crippen LogP contribution in [-0.4, -0.2) is 43.0 Å². The van der Waals surface area contributed by atoms with E-state index in [0.29, 0.717) is 13.2 Å². The molecular weight excluding hydrogens is 511 g/mol. The molecule has 0 unspecified atom stereocenters. The number of rotatable bonds is 6. The Morgan fingerprint density at radius 3 is 2.63 bits per heavy atom. The maximum Gasteiger partial charge on any atom is 0.411 e. The van der Waals surface area contributed by atoms with E-state index in [9.17, 15) is 9.59 Å². The highest BCUT2D eigenvalue weighted by atomic mass is 127. The number of hydrogen-bond acceptors (Lipinski definition) is 5. The van der Waals surface area contributed by atoms with Gasteiger partial charge in [-0.15, -0.1) is 11.3 Å². The van der Waals surface area contributed by atoms with E-state index in [1.54, 1.807) is 11.3 Å². The van der Waals surface area contributed by atoms with Gasteiger partial charge in [-0.3, -0.25) is 15.0 Å². The van der Waals surface area contributed by atoms with Gasteiger partial charge in [0.15, 0.2) is 5.78 Å². The Balaban J connectivity index is 1.18. The molecule has 1 aliphatic heterocycles. The highest BCUT2D eigenvalue weighted by molar-refractivity contribution is 14.1. The number of nitrogens with one attached hydrogen (secondary N) is 1. The van der Waals surface area contributed by atoms with Crippen LogP contribution in [0.2, 0.25) is 0 Å². The second kappa shape index (κ2) is 9.89. The minimum absolute atomic E-state index is 0.0811. The van der Waals surface area contributed by atoms with Gasteiger partial charge in [-0.25, -0.2) is 4.79 Å². The molecule has 156 valence electrons. The van der Waals surface area contributed by atoms with Crippen LogP contribution in [0, 0.1) is 9.49 Å². The summed E-state index contributed by atoms with van der Waals surface area (Å²) in [5.74, 6) is 0.321. The van der Waals surface area contributed by atoms with Crippen LogP contribution in [0.4, 0.5) is 10.5 Å². The molecule has 0 saturated carbocycles. The quantitative estimate of drug-likeness (QED) is 0.328. The van der Waals surface area contributed by atoms with Gasteiger partial charge < -0.3 is 4.74 Å². The first kappa shape index (κ1) is 21.3. The molecule has 1 N–H and O–H groups in total. The van der Waals surface area contributed by atoms with Gasteiger partial charge in [0.1, 0.15) is 6.61 Å². The molecule has 7 heteroatoms. The number of thiophene rings is 1. The summed E-state index contributed by atoms with van der Waals surface area (Å²) in [6, 6.07) is 15.6. The molecule has 1 aromatic heterocycles. The summed E-state index contributed by atoms with van der Waals surface area (Å²) in [6.07, 6.45) is 1.25. The number of nitrogens with zero attached hydrogens (tertiary/aromatic N) is 1. The monoisotopic (exact) mass is 534 g/mol. The molecule has 0 atom stereocenters. The summed E-state index contributed by atoms with van der Waals surface area (Å²) in [4.78, 5) is 27.0. The Morgan fingerprint density at radius 1 is 1.10 bits per heavy atom. The molecule has 0 radical (unpaired) electrons. The highest BCUT2D eigenvalue weighted by Gasteiger charge is 2.25. The molecule has 1 fully saturated rings. The number of ketones is 1. The molecule has 30 heavy (non-hydrogen) atoms. The highest BCUT2D eigenvalue weighted by Crippen LogP contribution is 2.24. The standard InChI is InChI=1S/C23H23IN2O3S/c24-19-3-1-16(2-4-19)22(27)17-7-10-26(11-8-17)12-13-29-23(28)25-20-5-6-21-18(15-20)9-14-30-21/h1-6,9,14-15,17H,7-8,10-13H2,(H,25,28). The number of benzene rings is 2. The average molecular weight is 534 g/mol. The summed E-state index contributed by atoms with van der Waals surface area (Å²) < 4.78 is 7.67. The largest absolute Gasteiger partial charge is 0.448 e. The first-order valence-electron chi connectivity index (χ1n) is 10.0. The molecule has 0 aliphatic carbocycles. The van der Waals surface area contributed by atoms with Gasteiger partial charge in [-0.1, -0.05) is 12.1 Å². The van der Waals surface area contributed by atoms with Crippen molar-refractivity contribution in [2.24, 2.45) is 5.92 Å². The predicted molar refractivity (Wildman–Crippen MR) is 129 cm³/mol. The fourth-order valence-corrected chi connectivity index (χ4v) is 4.86. The van der Waals surface area contributed by atoms with E-state index in [1.807, 2.05) is 53.9 Å². The van der Waals surface area contributed by atoms with Crippen LogP contribution in [0.1, 0.15) is 23.2 Å². The van der Waals surface area contributed by atoms with Gasteiger partial charge in [-0.05, 0) is 95.7 Å². The molecule has 2 heterocycles. The Morgan fingerprint density at radius 2 is 1.87 bits per heavy atom. The molecule has 5 nitrogen and oxygen atoms in total. The van der Waals surface area contributed by atoms with Gasteiger partial charge in [-0.2, -0.15) is 0 Å². The fourth-order valence-electron chi connectivity index (χ4n) is 3.73. The van der Waals surface area contributed by atoms with Crippen LogP contribution in [0.15, 0.2) is 53.9 Å². The first-order valence-corrected chi connectivity index (χ1v) is 12.0. The van der Waals surface area contributed by atoms with Crippen molar-refractivity contribution < 1.29 is 14.3 Å². The van der Waals surface area contributed by atoms with Gasteiger partial charge in [0.05, 0.1) is 0 Å². The van der Waals surface area contributed by atoms with Gasteiger partial charge in [0.25, 0.3) is 0 Å². The van der Waals surface area contributed by atoms with E-state index in [0.717, 1.165) is 46.1 Å². The van der Waals surface area contributed by atoms with Crippen molar-refractivity contribution in [3.8, 4) is 0 Å². The van der Waals surface area contributed by atoms with Crippen molar-refractivity contribution in [2.75, 3.05) is 31.6 Å². The van der Waals surface area contributed by atoms with Crippen molar-refractivity contribution in [1.82, 2.24) is 4.90 Å². The topological polar surface area (TPSA) is 58.6 Å². The normalized spacial score (nSPS) is 15.2. The molecule has 4 rings (SSSR count). The molecule has 1 aliphatic rings. The Labute approximate surface area is 193 Å².